The Labute approximate surface area is 226 Å². The Hall–Kier alpha value is -3.50. The molecular weight excluding hydrogens is 524 g/mol. The first-order valence-electron chi connectivity index (χ1n) is 12.1. The largest absolute Gasteiger partial charge is 0.493 e. The van der Waals surface area contributed by atoms with Gasteiger partial charge >= 0.3 is 0 Å². The van der Waals surface area contributed by atoms with E-state index in [-0.39, 0.29) is 35.1 Å². The van der Waals surface area contributed by atoms with E-state index < -0.39 is 9.84 Å². The van der Waals surface area contributed by atoms with Crippen LogP contribution < -0.4 is 19.1 Å². The second-order valence-electron chi connectivity index (χ2n) is 9.09. The molecule has 8 nitrogen and oxygen atoms in total. The summed E-state index contributed by atoms with van der Waals surface area (Å²) in [7, 11) is -0.0632. The van der Waals surface area contributed by atoms with Crippen LogP contribution in [0, 0.1) is 0 Å². The number of fused-ring (bicyclic) bond motifs is 1. The summed E-state index contributed by atoms with van der Waals surface area (Å²) >= 11 is 1.35. The molecule has 2 heterocycles. The molecule has 0 aliphatic carbocycles. The molecule has 3 aromatic carbocycles. The van der Waals surface area contributed by atoms with Crippen LogP contribution in [0.2, 0.25) is 0 Å². The van der Waals surface area contributed by atoms with Gasteiger partial charge in [0.05, 0.1) is 38.2 Å². The molecule has 5 rings (SSSR count). The van der Waals surface area contributed by atoms with E-state index in [1.807, 2.05) is 59.5 Å². The minimum atomic E-state index is -3.16. The fraction of sp³-hybridized carbons (Fsp3) is 0.286. The first kappa shape index (κ1) is 26.1. The molecule has 0 unspecified atom stereocenters. The summed E-state index contributed by atoms with van der Waals surface area (Å²) in [5.74, 6) is 1.59. The zero-order valence-corrected chi connectivity index (χ0v) is 22.7. The summed E-state index contributed by atoms with van der Waals surface area (Å²) in [5.41, 5.74) is 2.58. The van der Waals surface area contributed by atoms with Gasteiger partial charge in [0.15, 0.2) is 26.5 Å². The van der Waals surface area contributed by atoms with E-state index in [2.05, 4.69) is 4.99 Å². The lowest BCUT2D eigenvalue weighted by Gasteiger charge is -2.24. The molecule has 2 atom stereocenters. The average molecular weight is 553 g/mol. The van der Waals surface area contributed by atoms with E-state index in [9.17, 15) is 13.2 Å². The number of hydrogen-bond acceptors (Lipinski definition) is 7. The molecule has 38 heavy (non-hydrogen) atoms. The Balaban J connectivity index is 1.35. The average Bonchev–Trinajstić information content (AvgIpc) is 3.38. The fourth-order valence-electron chi connectivity index (χ4n) is 4.62. The van der Waals surface area contributed by atoms with Crippen molar-refractivity contribution < 1.29 is 27.4 Å². The van der Waals surface area contributed by atoms with Gasteiger partial charge in [-0.05, 0) is 47.5 Å². The number of aliphatic imine (C=N–C) groups is 1. The zero-order chi connectivity index (χ0) is 26.7. The van der Waals surface area contributed by atoms with Crippen molar-refractivity contribution in [2.75, 3.05) is 30.6 Å². The van der Waals surface area contributed by atoms with Crippen LogP contribution in [0.4, 0.5) is 5.69 Å². The van der Waals surface area contributed by atoms with E-state index in [0.717, 1.165) is 16.8 Å². The van der Waals surface area contributed by atoms with Crippen molar-refractivity contribution in [2.24, 2.45) is 4.99 Å². The molecule has 10 heteroatoms. The molecule has 2 fully saturated rings. The number of nitrogens with zero attached hydrogens (tertiary/aromatic N) is 2. The first-order chi connectivity index (χ1) is 18.3. The number of anilines is 1. The van der Waals surface area contributed by atoms with Crippen molar-refractivity contribution in [3.8, 4) is 17.2 Å². The summed E-state index contributed by atoms with van der Waals surface area (Å²) in [6.07, 6.45) is 0.0815. The summed E-state index contributed by atoms with van der Waals surface area (Å²) < 4.78 is 41.3. The van der Waals surface area contributed by atoms with E-state index >= 15 is 0 Å². The molecule has 2 aliphatic heterocycles. The summed E-state index contributed by atoms with van der Waals surface area (Å²) in [6, 6.07) is 22.4. The zero-order valence-electron chi connectivity index (χ0n) is 21.1. The molecule has 0 saturated carbocycles. The van der Waals surface area contributed by atoms with Crippen LogP contribution in [-0.4, -0.2) is 56.5 Å². The lowest BCUT2D eigenvalue weighted by atomic mass is 10.1. The second kappa shape index (κ2) is 11.1. The molecule has 0 N–H and O–H groups in total. The number of amidine groups is 1. The van der Waals surface area contributed by atoms with Gasteiger partial charge in [0.1, 0.15) is 12.4 Å². The SMILES string of the molecule is COc1ccc(CC(=O)N=C2S[C@H]3CS(=O)(=O)C[C@H]3N2c2ccc(OCc3ccccc3)cc2)cc1OC. The normalized spacial score (nSPS) is 20.8. The van der Waals surface area contributed by atoms with E-state index in [4.69, 9.17) is 14.2 Å². The van der Waals surface area contributed by atoms with Crippen LogP contribution in [0.25, 0.3) is 0 Å². The van der Waals surface area contributed by atoms with Crippen LogP contribution in [0.5, 0.6) is 17.2 Å². The number of rotatable bonds is 8. The molecule has 2 saturated heterocycles. The third kappa shape index (κ3) is 5.81. The number of ether oxygens (including phenoxy) is 3. The predicted molar refractivity (Wildman–Crippen MR) is 149 cm³/mol. The molecule has 0 radical (unpaired) electrons. The quantitative estimate of drug-likeness (QED) is 0.412. The van der Waals surface area contributed by atoms with Crippen LogP contribution in [0.15, 0.2) is 77.8 Å². The summed E-state index contributed by atoms with van der Waals surface area (Å²) in [4.78, 5) is 19.3. The van der Waals surface area contributed by atoms with Crippen LogP contribution in [0.3, 0.4) is 0 Å². The molecule has 3 aromatic rings. The van der Waals surface area contributed by atoms with Gasteiger partial charge in [0.25, 0.3) is 5.91 Å². The van der Waals surface area contributed by atoms with Crippen molar-refractivity contribution >= 4 is 38.4 Å². The number of hydrogen-bond donors (Lipinski definition) is 0. The first-order valence-corrected chi connectivity index (χ1v) is 14.8. The van der Waals surface area contributed by atoms with Crippen molar-refractivity contribution in [3.05, 3.63) is 83.9 Å². The number of carbonyl (C=O) groups excluding carboxylic acids is 1. The predicted octanol–water partition coefficient (Wildman–Crippen LogP) is 4.13. The second-order valence-corrected chi connectivity index (χ2v) is 12.5. The Morgan fingerprint density at radius 3 is 2.39 bits per heavy atom. The monoisotopic (exact) mass is 552 g/mol. The fourth-order valence-corrected chi connectivity index (χ4v) is 8.55. The van der Waals surface area contributed by atoms with E-state index in [0.29, 0.717) is 29.0 Å². The third-order valence-electron chi connectivity index (χ3n) is 6.45. The van der Waals surface area contributed by atoms with Gasteiger partial charge in [0.2, 0.25) is 0 Å². The third-order valence-corrected chi connectivity index (χ3v) is 9.66. The van der Waals surface area contributed by atoms with Crippen LogP contribution >= 0.6 is 11.8 Å². The minimum Gasteiger partial charge on any atom is -0.493 e. The highest BCUT2D eigenvalue weighted by molar-refractivity contribution is 8.16. The Bertz CT molecular complexity index is 1440. The van der Waals surface area contributed by atoms with Gasteiger partial charge in [-0.3, -0.25) is 4.79 Å². The smallest absolute Gasteiger partial charge is 0.252 e. The number of benzene rings is 3. The summed E-state index contributed by atoms with van der Waals surface area (Å²) in [5, 5.41) is 0.333. The molecule has 0 aromatic heterocycles. The maximum absolute atomic E-state index is 13.0. The van der Waals surface area contributed by atoms with Crippen LogP contribution in [0.1, 0.15) is 11.1 Å². The number of sulfone groups is 1. The van der Waals surface area contributed by atoms with Gasteiger partial charge in [-0.15, -0.1) is 0 Å². The molecular formula is C28H28N2O6S2. The van der Waals surface area contributed by atoms with E-state index in [1.54, 1.807) is 32.4 Å². The van der Waals surface area contributed by atoms with Gasteiger partial charge < -0.3 is 19.1 Å². The molecule has 2 aliphatic rings. The Morgan fingerprint density at radius 2 is 1.68 bits per heavy atom. The highest BCUT2D eigenvalue weighted by Gasteiger charge is 2.49. The van der Waals surface area contributed by atoms with Gasteiger partial charge in [-0.25, -0.2) is 8.42 Å². The molecule has 0 bridgehead atoms. The Morgan fingerprint density at radius 1 is 0.947 bits per heavy atom. The highest BCUT2D eigenvalue weighted by Crippen LogP contribution is 2.41. The standard InChI is InChI=1S/C28H28N2O6S2/c1-34-24-13-8-20(14-25(24)35-2)15-27(31)29-28-30(23-17-38(32,33)18-26(23)37-28)21-9-11-22(12-10-21)36-16-19-6-4-3-5-7-19/h3-14,23,26H,15-18H2,1-2H3/t23-,26+/m1/s1. The van der Waals surface area contributed by atoms with Crippen molar-refractivity contribution in [2.45, 2.75) is 24.3 Å². The lowest BCUT2D eigenvalue weighted by molar-refractivity contribution is -0.117. The maximum atomic E-state index is 13.0. The van der Waals surface area contributed by atoms with E-state index in [1.165, 1.54) is 11.8 Å². The number of thioether (sulfide) groups is 1. The van der Waals surface area contributed by atoms with Crippen LogP contribution in [-0.2, 0) is 27.7 Å². The number of amides is 1. The van der Waals surface area contributed by atoms with Crippen molar-refractivity contribution in [1.82, 2.24) is 0 Å². The van der Waals surface area contributed by atoms with Gasteiger partial charge in [-0.2, -0.15) is 4.99 Å². The molecule has 198 valence electrons. The lowest BCUT2D eigenvalue weighted by Crippen LogP contribution is -2.37. The molecule has 1 amide bonds. The number of methoxy groups -OCH3 is 2. The topological polar surface area (TPSA) is 94.5 Å². The maximum Gasteiger partial charge on any atom is 0.252 e. The Kier molecular flexibility index (Phi) is 7.62. The van der Waals surface area contributed by atoms with Crippen molar-refractivity contribution in [1.29, 1.82) is 0 Å². The number of carbonyl (C=O) groups is 1. The molecule has 0 spiro atoms. The van der Waals surface area contributed by atoms with Crippen molar-refractivity contribution in [3.63, 3.8) is 0 Å². The minimum absolute atomic E-state index is 0.0276. The van der Waals surface area contributed by atoms with Gasteiger partial charge in [0, 0.05) is 10.9 Å². The van der Waals surface area contributed by atoms with Gasteiger partial charge in [-0.1, -0.05) is 48.2 Å². The highest BCUT2D eigenvalue weighted by atomic mass is 32.2. The summed E-state index contributed by atoms with van der Waals surface area (Å²) in [6.45, 7) is 0.444.